The van der Waals surface area contributed by atoms with Gasteiger partial charge in [-0.15, -0.1) is 0 Å². The maximum Gasteiger partial charge on any atom is 0.178 e. The van der Waals surface area contributed by atoms with Gasteiger partial charge in [-0.3, -0.25) is 0 Å². The molecule has 5 heteroatoms. The number of hydrogen-bond acceptors (Lipinski definition) is 3. The van der Waals surface area contributed by atoms with E-state index in [1.54, 1.807) is 0 Å². The average molecular weight is 299 g/mol. The second-order valence-electron chi connectivity index (χ2n) is 5.97. The summed E-state index contributed by atoms with van der Waals surface area (Å²) in [5.74, 6) is 0.788. The number of halogens is 1. The van der Waals surface area contributed by atoms with Crippen LogP contribution in [0.15, 0.2) is 23.1 Å². The number of hydrogen-bond donors (Lipinski definition) is 1. The lowest BCUT2D eigenvalue weighted by molar-refractivity contribution is 0.362. The molecular weight excluding hydrogens is 277 g/mol. The second-order valence-corrected chi connectivity index (χ2v) is 8.05. The third kappa shape index (κ3) is 3.20. The third-order valence-corrected chi connectivity index (χ3v) is 6.00. The van der Waals surface area contributed by atoms with Crippen LogP contribution in [0.2, 0.25) is 0 Å². The molecule has 0 spiro atoms. The van der Waals surface area contributed by atoms with Crippen molar-refractivity contribution in [3.63, 3.8) is 0 Å². The van der Waals surface area contributed by atoms with Gasteiger partial charge < -0.3 is 5.32 Å². The first kappa shape index (κ1) is 15.4. The van der Waals surface area contributed by atoms with E-state index in [0.29, 0.717) is 23.8 Å². The molecule has 1 aliphatic rings. The molecular formula is C15H22FNO2S. The fourth-order valence-electron chi connectivity index (χ4n) is 2.39. The molecule has 1 N–H and O–H groups in total. The van der Waals surface area contributed by atoms with Gasteiger partial charge in [0.05, 0.1) is 10.6 Å². The summed E-state index contributed by atoms with van der Waals surface area (Å²) in [4.78, 5) is 0.278. The summed E-state index contributed by atoms with van der Waals surface area (Å²) in [5, 5.41) is 3.39. The van der Waals surface area contributed by atoms with Crippen LogP contribution in [-0.2, 0) is 9.84 Å². The fraction of sp³-hybridized carbons (Fsp3) is 0.600. The lowest BCUT2D eigenvalue weighted by atomic mass is 9.96. The van der Waals surface area contributed by atoms with Gasteiger partial charge in [0, 0.05) is 6.04 Å². The van der Waals surface area contributed by atoms with Crippen molar-refractivity contribution in [3.05, 3.63) is 29.6 Å². The summed E-state index contributed by atoms with van der Waals surface area (Å²) in [6.45, 7) is 7.28. The van der Waals surface area contributed by atoms with Gasteiger partial charge in [0.2, 0.25) is 0 Å². The van der Waals surface area contributed by atoms with Crippen LogP contribution in [0.5, 0.6) is 0 Å². The van der Waals surface area contributed by atoms with E-state index in [-0.39, 0.29) is 22.5 Å². The minimum Gasteiger partial charge on any atom is -0.310 e. The highest BCUT2D eigenvalue weighted by molar-refractivity contribution is 7.91. The highest BCUT2D eigenvalue weighted by atomic mass is 32.2. The molecule has 0 saturated heterocycles. The molecule has 1 aromatic carbocycles. The topological polar surface area (TPSA) is 46.2 Å². The van der Waals surface area contributed by atoms with Crippen LogP contribution in [0.4, 0.5) is 4.39 Å². The van der Waals surface area contributed by atoms with Crippen molar-refractivity contribution >= 4 is 9.84 Å². The smallest absolute Gasteiger partial charge is 0.178 e. The Morgan fingerprint density at radius 2 is 2.05 bits per heavy atom. The van der Waals surface area contributed by atoms with Crippen molar-refractivity contribution in [2.45, 2.75) is 38.1 Å². The summed E-state index contributed by atoms with van der Waals surface area (Å²) >= 11 is 0. The zero-order valence-electron chi connectivity index (χ0n) is 12.2. The molecule has 0 aromatic heterocycles. The van der Waals surface area contributed by atoms with E-state index in [0.717, 1.165) is 6.54 Å². The van der Waals surface area contributed by atoms with Gasteiger partial charge in [0.25, 0.3) is 0 Å². The van der Waals surface area contributed by atoms with Crippen LogP contribution in [0.25, 0.3) is 0 Å². The maximum absolute atomic E-state index is 13.4. The summed E-state index contributed by atoms with van der Waals surface area (Å²) in [6, 6.07) is 3.88. The third-order valence-electron chi connectivity index (χ3n) is 4.18. The Balaban J connectivity index is 2.23. The lowest BCUT2D eigenvalue weighted by Gasteiger charge is -2.28. The Hall–Kier alpha value is -0.940. The first-order valence-electron chi connectivity index (χ1n) is 7.07. The highest BCUT2D eigenvalue weighted by Gasteiger charge is 2.30. The Bertz CT molecular complexity index is 584. The van der Waals surface area contributed by atoms with Crippen molar-refractivity contribution in [3.8, 4) is 0 Å². The van der Waals surface area contributed by atoms with E-state index >= 15 is 0 Å². The van der Waals surface area contributed by atoms with Gasteiger partial charge >= 0.3 is 0 Å². The number of rotatable bonds is 4. The minimum atomic E-state index is -3.25. The lowest BCUT2D eigenvalue weighted by Crippen LogP contribution is -2.33. The molecule has 20 heavy (non-hydrogen) atoms. The summed E-state index contributed by atoms with van der Waals surface area (Å²) in [7, 11) is -3.25. The molecule has 1 aromatic rings. The van der Waals surface area contributed by atoms with Crippen LogP contribution in [-0.4, -0.2) is 20.7 Å². The highest BCUT2D eigenvalue weighted by Crippen LogP contribution is 2.32. The molecule has 0 bridgehead atoms. The molecule has 1 heterocycles. The van der Waals surface area contributed by atoms with Crippen LogP contribution < -0.4 is 5.32 Å². The Labute approximate surface area is 120 Å². The van der Waals surface area contributed by atoms with Crippen molar-refractivity contribution in [2.24, 2.45) is 11.8 Å². The molecule has 0 aliphatic carbocycles. The molecule has 0 fully saturated rings. The monoisotopic (exact) mass is 299 g/mol. The van der Waals surface area contributed by atoms with Crippen molar-refractivity contribution in [1.29, 1.82) is 0 Å². The zero-order chi connectivity index (χ0) is 14.9. The molecule has 2 unspecified atom stereocenters. The predicted octanol–water partition coefficient (Wildman–Crippen LogP) is 2.93. The molecule has 2 atom stereocenters. The van der Waals surface area contributed by atoms with E-state index < -0.39 is 9.84 Å². The van der Waals surface area contributed by atoms with Gasteiger partial charge in [-0.05, 0) is 48.6 Å². The van der Waals surface area contributed by atoms with Crippen LogP contribution in [0, 0.1) is 17.7 Å². The molecule has 0 amide bonds. The van der Waals surface area contributed by atoms with Gasteiger partial charge in [0.15, 0.2) is 9.84 Å². The minimum absolute atomic E-state index is 0.0783. The molecule has 0 radical (unpaired) electrons. The SMILES string of the molecule is CC(C)C(C)CNC1CCS(=O)(=O)c2ccc(F)cc21. The standard InChI is InChI=1S/C15H22FNO2S/c1-10(2)11(3)9-17-14-6-7-20(18,19)15-5-4-12(16)8-13(14)15/h4-5,8,10-11,14,17H,6-7,9H2,1-3H3. The number of nitrogens with one attached hydrogen (secondary N) is 1. The summed E-state index contributed by atoms with van der Waals surface area (Å²) in [6.07, 6.45) is 0.504. The molecule has 112 valence electrons. The molecule has 2 rings (SSSR count). The van der Waals surface area contributed by atoms with Gasteiger partial charge in [-0.1, -0.05) is 20.8 Å². The van der Waals surface area contributed by atoms with Crippen LogP contribution >= 0.6 is 0 Å². The second kappa shape index (κ2) is 5.82. The number of fused-ring (bicyclic) bond motifs is 1. The number of sulfone groups is 1. The maximum atomic E-state index is 13.4. The van der Waals surface area contributed by atoms with E-state index in [9.17, 15) is 12.8 Å². The Morgan fingerprint density at radius 1 is 1.35 bits per heavy atom. The molecule has 3 nitrogen and oxygen atoms in total. The van der Waals surface area contributed by atoms with Crippen molar-refractivity contribution < 1.29 is 12.8 Å². The van der Waals surface area contributed by atoms with Crippen molar-refractivity contribution in [1.82, 2.24) is 5.32 Å². The summed E-state index contributed by atoms with van der Waals surface area (Å²) < 4.78 is 37.5. The summed E-state index contributed by atoms with van der Waals surface area (Å²) in [5.41, 5.74) is 0.576. The van der Waals surface area contributed by atoms with Gasteiger partial charge in [-0.2, -0.15) is 0 Å². The molecule has 1 aliphatic heterocycles. The van der Waals surface area contributed by atoms with Crippen molar-refractivity contribution in [2.75, 3.05) is 12.3 Å². The fourth-order valence-corrected chi connectivity index (χ4v) is 3.99. The van der Waals surface area contributed by atoms with Gasteiger partial charge in [0.1, 0.15) is 5.82 Å². The Kier molecular flexibility index (Phi) is 4.49. The quantitative estimate of drug-likeness (QED) is 0.870. The van der Waals surface area contributed by atoms with E-state index in [1.165, 1.54) is 18.2 Å². The van der Waals surface area contributed by atoms with Crippen LogP contribution in [0.1, 0.15) is 38.8 Å². The predicted molar refractivity (Wildman–Crippen MR) is 77.8 cm³/mol. The van der Waals surface area contributed by atoms with Gasteiger partial charge in [-0.25, -0.2) is 12.8 Å². The van der Waals surface area contributed by atoms with Crippen LogP contribution in [0.3, 0.4) is 0 Å². The van der Waals surface area contributed by atoms with E-state index in [1.807, 2.05) is 0 Å². The molecule has 0 saturated carbocycles. The first-order valence-corrected chi connectivity index (χ1v) is 8.72. The largest absolute Gasteiger partial charge is 0.310 e. The first-order chi connectivity index (χ1) is 9.31. The number of benzene rings is 1. The zero-order valence-corrected chi connectivity index (χ0v) is 13.0. The average Bonchev–Trinajstić information content (AvgIpc) is 2.37. The van der Waals surface area contributed by atoms with E-state index in [4.69, 9.17) is 0 Å². The Morgan fingerprint density at radius 3 is 2.70 bits per heavy atom. The van der Waals surface area contributed by atoms with E-state index in [2.05, 4.69) is 26.1 Å². The normalized spacial score (nSPS) is 22.6.